The van der Waals surface area contributed by atoms with Gasteiger partial charge in [-0.05, 0) is 31.2 Å². The molecule has 0 unspecified atom stereocenters. The molecule has 138 valence electrons. The van der Waals surface area contributed by atoms with E-state index < -0.39 is 5.92 Å². The third-order valence-corrected chi connectivity index (χ3v) is 5.16. The zero-order chi connectivity index (χ0) is 19.0. The number of para-hydroxylation sites is 3. The van der Waals surface area contributed by atoms with E-state index in [0.29, 0.717) is 29.7 Å². The van der Waals surface area contributed by atoms with Gasteiger partial charge in [-0.2, -0.15) is 0 Å². The average molecular weight is 383 g/mol. The fraction of sp³-hybridized carbons (Fsp3) is 0.250. The first-order chi connectivity index (χ1) is 13.1. The van der Waals surface area contributed by atoms with Gasteiger partial charge in [0, 0.05) is 19.5 Å². The molecular formula is C20H19ClN4O2. The van der Waals surface area contributed by atoms with Crippen LogP contribution in [0.25, 0.3) is 11.0 Å². The molecule has 0 bridgehead atoms. The molecular weight excluding hydrogens is 364 g/mol. The maximum Gasteiger partial charge on any atom is 0.232 e. The highest BCUT2D eigenvalue weighted by Gasteiger charge is 2.36. The summed E-state index contributed by atoms with van der Waals surface area (Å²) >= 11 is 6.20. The minimum Gasteiger partial charge on any atom is -0.310 e. The summed E-state index contributed by atoms with van der Waals surface area (Å²) < 4.78 is 1.95. The second-order valence-electron chi connectivity index (χ2n) is 6.51. The predicted molar refractivity (Wildman–Crippen MR) is 106 cm³/mol. The van der Waals surface area contributed by atoms with Crippen LogP contribution in [-0.2, 0) is 16.1 Å². The molecule has 0 aliphatic carbocycles. The van der Waals surface area contributed by atoms with E-state index in [0.717, 1.165) is 11.0 Å². The second kappa shape index (κ2) is 7.04. The molecule has 3 aromatic rings. The highest BCUT2D eigenvalue weighted by molar-refractivity contribution is 6.33. The lowest BCUT2D eigenvalue weighted by Crippen LogP contribution is -2.29. The molecule has 2 heterocycles. The summed E-state index contributed by atoms with van der Waals surface area (Å²) in [6.07, 6.45) is 0.156. The molecule has 1 N–H and O–H groups in total. The molecule has 27 heavy (non-hydrogen) atoms. The summed E-state index contributed by atoms with van der Waals surface area (Å²) in [7, 11) is 0. The number of nitrogens with one attached hydrogen (secondary N) is 1. The third-order valence-electron chi connectivity index (χ3n) is 4.84. The van der Waals surface area contributed by atoms with Gasteiger partial charge in [0.2, 0.25) is 17.8 Å². The Morgan fingerprint density at radius 1 is 1.22 bits per heavy atom. The number of anilines is 2. The molecule has 4 rings (SSSR count). The van der Waals surface area contributed by atoms with Crippen molar-refractivity contribution in [1.82, 2.24) is 9.55 Å². The SMILES string of the molecule is CCn1c(NC(=O)[C@H]2CC(=O)N(c3ccccc3Cl)C2)nc2ccccc21. The maximum absolute atomic E-state index is 12.8. The Balaban J connectivity index is 1.55. The molecule has 1 aliphatic heterocycles. The summed E-state index contributed by atoms with van der Waals surface area (Å²) in [6, 6.07) is 14.9. The van der Waals surface area contributed by atoms with Crippen LogP contribution in [0, 0.1) is 5.92 Å². The quantitative estimate of drug-likeness (QED) is 0.748. The van der Waals surface area contributed by atoms with Gasteiger partial charge >= 0.3 is 0 Å². The highest BCUT2D eigenvalue weighted by Crippen LogP contribution is 2.31. The van der Waals surface area contributed by atoms with Crippen molar-refractivity contribution in [3.63, 3.8) is 0 Å². The van der Waals surface area contributed by atoms with Crippen molar-refractivity contribution in [3.8, 4) is 0 Å². The number of nitrogens with zero attached hydrogens (tertiary/aromatic N) is 3. The third kappa shape index (κ3) is 3.17. The van der Waals surface area contributed by atoms with Gasteiger partial charge in [0.25, 0.3) is 0 Å². The molecule has 1 atom stereocenters. The molecule has 0 radical (unpaired) electrons. The summed E-state index contributed by atoms with van der Waals surface area (Å²) in [5.74, 6) is -0.249. The van der Waals surface area contributed by atoms with Crippen LogP contribution in [0.5, 0.6) is 0 Å². The van der Waals surface area contributed by atoms with Crippen LogP contribution in [0.15, 0.2) is 48.5 Å². The number of carbonyl (C=O) groups excluding carboxylic acids is 2. The van der Waals surface area contributed by atoms with Crippen LogP contribution in [0.1, 0.15) is 13.3 Å². The van der Waals surface area contributed by atoms with Crippen molar-refractivity contribution in [2.45, 2.75) is 19.9 Å². The van der Waals surface area contributed by atoms with E-state index in [1.54, 1.807) is 17.0 Å². The van der Waals surface area contributed by atoms with Crippen LogP contribution >= 0.6 is 11.6 Å². The summed E-state index contributed by atoms with van der Waals surface area (Å²) in [5, 5.41) is 3.40. The van der Waals surface area contributed by atoms with Crippen molar-refractivity contribution in [2.75, 3.05) is 16.8 Å². The fourth-order valence-corrected chi connectivity index (χ4v) is 3.73. The molecule has 1 aliphatic rings. The highest BCUT2D eigenvalue weighted by atomic mass is 35.5. The molecule has 0 spiro atoms. The van der Waals surface area contributed by atoms with Crippen LogP contribution < -0.4 is 10.2 Å². The average Bonchev–Trinajstić information content (AvgIpc) is 3.22. The van der Waals surface area contributed by atoms with Crippen molar-refractivity contribution in [1.29, 1.82) is 0 Å². The first kappa shape index (κ1) is 17.5. The van der Waals surface area contributed by atoms with Crippen molar-refractivity contribution in [3.05, 3.63) is 53.6 Å². The van der Waals surface area contributed by atoms with Crippen LogP contribution in [0.2, 0.25) is 5.02 Å². The van der Waals surface area contributed by atoms with E-state index in [9.17, 15) is 9.59 Å². The van der Waals surface area contributed by atoms with Crippen molar-refractivity contribution < 1.29 is 9.59 Å². The topological polar surface area (TPSA) is 67.2 Å². The number of carbonyl (C=O) groups is 2. The molecule has 2 amide bonds. The first-order valence-electron chi connectivity index (χ1n) is 8.89. The Bertz CT molecular complexity index is 1030. The summed E-state index contributed by atoms with van der Waals surface area (Å²) in [6.45, 7) is 2.99. The van der Waals surface area contributed by atoms with E-state index in [1.165, 1.54) is 0 Å². The largest absolute Gasteiger partial charge is 0.310 e. The second-order valence-corrected chi connectivity index (χ2v) is 6.92. The number of halogens is 1. The molecule has 1 fully saturated rings. The monoisotopic (exact) mass is 382 g/mol. The Kier molecular flexibility index (Phi) is 4.58. The smallest absolute Gasteiger partial charge is 0.232 e. The van der Waals surface area contributed by atoms with Gasteiger partial charge in [0.1, 0.15) is 0 Å². The summed E-state index contributed by atoms with van der Waals surface area (Å²) in [5.41, 5.74) is 2.44. The van der Waals surface area contributed by atoms with E-state index in [4.69, 9.17) is 11.6 Å². The van der Waals surface area contributed by atoms with E-state index >= 15 is 0 Å². The number of aromatic nitrogens is 2. The number of rotatable bonds is 4. The van der Waals surface area contributed by atoms with Crippen molar-refractivity contribution in [2.24, 2.45) is 5.92 Å². The Morgan fingerprint density at radius 3 is 2.74 bits per heavy atom. The minimum atomic E-state index is -0.445. The number of aryl methyl sites for hydroxylation is 1. The van der Waals surface area contributed by atoms with Gasteiger partial charge in [-0.25, -0.2) is 4.98 Å². The van der Waals surface area contributed by atoms with Gasteiger partial charge in [-0.15, -0.1) is 0 Å². The zero-order valence-electron chi connectivity index (χ0n) is 14.9. The molecule has 2 aromatic carbocycles. The standard InChI is InChI=1S/C20H19ClN4O2/c1-2-24-17-10-6-4-8-15(17)22-20(24)23-19(27)13-11-18(26)25(12-13)16-9-5-3-7-14(16)21/h3-10,13H,2,11-12H2,1H3,(H,22,23,27)/t13-/m0/s1. The lowest BCUT2D eigenvalue weighted by Gasteiger charge is -2.18. The first-order valence-corrected chi connectivity index (χ1v) is 9.27. The molecule has 6 nitrogen and oxygen atoms in total. The Morgan fingerprint density at radius 2 is 1.96 bits per heavy atom. The lowest BCUT2D eigenvalue weighted by molar-refractivity contribution is -0.122. The molecule has 1 aromatic heterocycles. The number of fused-ring (bicyclic) bond motifs is 1. The number of hydrogen-bond donors (Lipinski definition) is 1. The van der Waals surface area contributed by atoms with E-state index in [-0.39, 0.29) is 18.2 Å². The van der Waals surface area contributed by atoms with E-state index in [2.05, 4.69) is 10.3 Å². The number of hydrogen-bond acceptors (Lipinski definition) is 3. The van der Waals surface area contributed by atoms with Gasteiger partial charge in [0.05, 0.1) is 27.7 Å². The summed E-state index contributed by atoms with van der Waals surface area (Å²) in [4.78, 5) is 31.3. The van der Waals surface area contributed by atoms with Crippen LogP contribution in [0.3, 0.4) is 0 Å². The Labute approximate surface area is 161 Å². The number of imidazole rings is 1. The molecule has 7 heteroatoms. The zero-order valence-corrected chi connectivity index (χ0v) is 15.6. The van der Waals surface area contributed by atoms with E-state index in [1.807, 2.05) is 47.9 Å². The maximum atomic E-state index is 12.8. The lowest BCUT2D eigenvalue weighted by atomic mass is 10.1. The number of benzene rings is 2. The van der Waals surface area contributed by atoms with Gasteiger partial charge in [-0.3, -0.25) is 14.9 Å². The predicted octanol–water partition coefficient (Wildman–Crippen LogP) is 3.70. The Hall–Kier alpha value is -2.86. The molecule has 0 saturated carbocycles. The van der Waals surface area contributed by atoms with Crippen molar-refractivity contribution >= 4 is 46.1 Å². The van der Waals surface area contributed by atoms with Gasteiger partial charge in [0.15, 0.2) is 0 Å². The number of amides is 2. The van der Waals surface area contributed by atoms with Crippen LogP contribution in [0.4, 0.5) is 11.6 Å². The van der Waals surface area contributed by atoms with Gasteiger partial charge < -0.3 is 9.47 Å². The van der Waals surface area contributed by atoms with Gasteiger partial charge in [-0.1, -0.05) is 35.9 Å². The fourth-order valence-electron chi connectivity index (χ4n) is 3.49. The van der Waals surface area contributed by atoms with Crippen LogP contribution in [-0.4, -0.2) is 27.9 Å². The minimum absolute atomic E-state index is 0.104. The normalized spacial score (nSPS) is 16.9. The molecule has 1 saturated heterocycles.